The van der Waals surface area contributed by atoms with Crippen molar-refractivity contribution in [2.24, 2.45) is 0 Å². The second-order valence-corrected chi connectivity index (χ2v) is 11.9. The molecule has 0 aliphatic carbocycles. The van der Waals surface area contributed by atoms with Crippen LogP contribution in [0.4, 0.5) is 5.69 Å². The van der Waals surface area contributed by atoms with E-state index in [0.717, 1.165) is 17.1 Å². The van der Waals surface area contributed by atoms with E-state index in [2.05, 4.69) is 5.32 Å². The maximum absolute atomic E-state index is 14.0. The Morgan fingerprint density at radius 1 is 0.974 bits per heavy atom. The Balaban J connectivity index is 2.04. The van der Waals surface area contributed by atoms with Crippen LogP contribution in [0.3, 0.4) is 0 Å². The molecule has 0 aliphatic rings. The van der Waals surface area contributed by atoms with Crippen molar-refractivity contribution in [1.29, 1.82) is 0 Å². The lowest BCUT2D eigenvalue weighted by Crippen LogP contribution is -2.51. The predicted molar refractivity (Wildman–Crippen MR) is 157 cm³/mol. The minimum atomic E-state index is -4.17. The number of benzene rings is 3. The Labute approximate surface area is 240 Å². The second kappa shape index (κ2) is 13.8. The van der Waals surface area contributed by atoms with Gasteiger partial charge in [0, 0.05) is 23.1 Å². The number of rotatable bonds is 12. The fourth-order valence-electron chi connectivity index (χ4n) is 4.01. The van der Waals surface area contributed by atoms with Gasteiger partial charge in [0.25, 0.3) is 10.0 Å². The van der Waals surface area contributed by atoms with Gasteiger partial charge in [-0.15, -0.1) is 0 Å². The van der Waals surface area contributed by atoms with Gasteiger partial charge in [0.2, 0.25) is 11.8 Å². The smallest absolute Gasteiger partial charge is 0.264 e. The summed E-state index contributed by atoms with van der Waals surface area (Å²) in [5.74, 6) is -0.896. The zero-order valence-corrected chi connectivity index (χ0v) is 24.6. The molecule has 7 nitrogen and oxygen atoms in total. The van der Waals surface area contributed by atoms with E-state index < -0.39 is 28.5 Å². The summed E-state index contributed by atoms with van der Waals surface area (Å²) >= 11 is 12.6. The number of halogens is 2. The first kappa shape index (κ1) is 30.5. The maximum Gasteiger partial charge on any atom is 0.264 e. The summed E-state index contributed by atoms with van der Waals surface area (Å²) < 4.78 is 28.8. The molecule has 0 aliphatic heterocycles. The lowest BCUT2D eigenvalue weighted by Gasteiger charge is -2.32. The Kier molecular flexibility index (Phi) is 10.8. The third-order valence-electron chi connectivity index (χ3n) is 6.35. The first-order chi connectivity index (χ1) is 18.6. The van der Waals surface area contributed by atoms with Gasteiger partial charge in [0.05, 0.1) is 10.6 Å². The van der Waals surface area contributed by atoms with Crippen LogP contribution in [0.5, 0.6) is 0 Å². The number of amides is 2. The summed E-state index contributed by atoms with van der Waals surface area (Å²) in [5, 5.41) is 3.63. The molecule has 0 aromatic heterocycles. The largest absolute Gasteiger partial charge is 0.354 e. The van der Waals surface area contributed by atoms with Gasteiger partial charge >= 0.3 is 0 Å². The fourth-order valence-corrected chi connectivity index (χ4v) is 5.87. The average molecular weight is 591 g/mol. The Morgan fingerprint density at radius 2 is 1.64 bits per heavy atom. The molecule has 1 unspecified atom stereocenters. The monoisotopic (exact) mass is 589 g/mol. The highest BCUT2D eigenvalue weighted by Crippen LogP contribution is 2.30. The van der Waals surface area contributed by atoms with Gasteiger partial charge in [-0.25, -0.2) is 8.42 Å². The quantitative estimate of drug-likeness (QED) is 0.269. The van der Waals surface area contributed by atoms with Crippen molar-refractivity contribution >= 4 is 50.7 Å². The molecule has 1 atom stereocenters. The lowest BCUT2D eigenvalue weighted by molar-refractivity contribution is -0.139. The summed E-state index contributed by atoms with van der Waals surface area (Å²) in [7, 11) is -4.17. The van der Waals surface area contributed by atoms with E-state index in [1.165, 1.54) is 23.1 Å². The third kappa shape index (κ3) is 7.75. The molecule has 2 amide bonds. The van der Waals surface area contributed by atoms with Crippen LogP contribution in [0.15, 0.2) is 77.7 Å². The van der Waals surface area contributed by atoms with E-state index in [9.17, 15) is 18.0 Å². The molecular weight excluding hydrogens is 557 g/mol. The van der Waals surface area contributed by atoms with Gasteiger partial charge in [-0.3, -0.25) is 13.9 Å². The average Bonchev–Trinajstić information content (AvgIpc) is 2.92. The van der Waals surface area contributed by atoms with E-state index in [1.807, 2.05) is 6.92 Å². The van der Waals surface area contributed by atoms with Crippen molar-refractivity contribution in [3.05, 3.63) is 94.0 Å². The SMILES string of the molecule is CCCCNC(=O)C(C)N(Cc1ccccc1Cl)C(=O)CN(c1cc(Cl)ccc1C)S(=O)(=O)c1ccccc1. The molecule has 3 rings (SSSR count). The molecule has 0 bridgehead atoms. The first-order valence-corrected chi connectivity index (χ1v) is 14.9. The maximum atomic E-state index is 14.0. The highest BCUT2D eigenvalue weighted by molar-refractivity contribution is 7.92. The predicted octanol–water partition coefficient (Wildman–Crippen LogP) is 5.83. The Hall–Kier alpha value is -3.07. The number of anilines is 1. The number of carbonyl (C=O) groups excluding carboxylic acids is 2. The topological polar surface area (TPSA) is 86.8 Å². The second-order valence-electron chi connectivity index (χ2n) is 9.19. The zero-order valence-electron chi connectivity index (χ0n) is 22.2. The van der Waals surface area contributed by atoms with Gasteiger partial charge in [0.15, 0.2) is 0 Å². The van der Waals surface area contributed by atoms with Crippen molar-refractivity contribution in [2.45, 2.75) is 51.1 Å². The Bertz CT molecular complexity index is 1400. The summed E-state index contributed by atoms with van der Waals surface area (Å²) in [6.45, 7) is 5.34. The normalized spacial score (nSPS) is 12.0. The molecule has 3 aromatic carbocycles. The summed E-state index contributed by atoms with van der Waals surface area (Å²) in [5.41, 5.74) is 1.53. The number of nitrogens with one attached hydrogen (secondary N) is 1. The summed E-state index contributed by atoms with van der Waals surface area (Å²) in [6.07, 6.45) is 1.70. The van der Waals surface area contributed by atoms with Crippen LogP contribution in [0.2, 0.25) is 10.0 Å². The van der Waals surface area contributed by atoms with Crippen LogP contribution < -0.4 is 9.62 Å². The molecule has 1 N–H and O–H groups in total. The Morgan fingerprint density at radius 3 is 2.31 bits per heavy atom. The molecule has 3 aromatic rings. The number of hydrogen-bond acceptors (Lipinski definition) is 4. The number of nitrogens with zero attached hydrogens (tertiary/aromatic N) is 2. The van der Waals surface area contributed by atoms with Crippen molar-refractivity contribution in [3.63, 3.8) is 0 Å². The summed E-state index contributed by atoms with van der Waals surface area (Å²) in [6, 6.07) is 18.9. The molecule has 39 heavy (non-hydrogen) atoms. The van der Waals surface area contributed by atoms with Crippen molar-refractivity contribution in [3.8, 4) is 0 Å². The fraction of sp³-hybridized carbons (Fsp3) is 0.310. The number of sulfonamides is 1. The highest BCUT2D eigenvalue weighted by Gasteiger charge is 2.33. The van der Waals surface area contributed by atoms with E-state index in [-0.39, 0.29) is 23.0 Å². The van der Waals surface area contributed by atoms with Gasteiger partial charge < -0.3 is 10.2 Å². The van der Waals surface area contributed by atoms with Crippen molar-refractivity contribution in [2.75, 3.05) is 17.4 Å². The standard InChI is InChI=1S/C29H33Cl2N3O4S/c1-4-5-17-32-29(36)22(3)33(19-23-11-9-10-14-26(23)31)28(35)20-34(27-18-24(30)16-15-21(27)2)39(37,38)25-12-7-6-8-13-25/h6-16,18,22H,4-5,17,19-20H2,1-3H3,(H,32,36). The summed E-state index contributed by atoms with van der Waals surface area (Å²) in [4.78, 5) is 28.4. The first-order valence-electron chi connectivity index (χ1n) is 12.7. The van der Waals surface area contributed by atoms with Crippen LogP contribution in [0.1, 0.15) is 37.8 Å². The van der Waals surface area contributed by atoms with E-state index in [1.54, 1.807) is 68.4 Å². The van der Waals surface area contributed by atoms with Crippen LogP contribution in [0, 0.1) is 6.92 Å². The molecule has 10 heteroatoms. The van der Waals surface area contributed by atoms with E-state index in [4.69, 9.17) is 23.2 Å². The lowest BCUT2D eigenvalue weighted by atomic mass is 10.1. The third-order valence-corrected chi connectivity index (χ3v) is 8.72. The number of hydrogen-bond donors (Lipinski definition) is 1. The van der Waals surface area contributed by atoms with Gasteiger partial charge in [-0.2, -0.15) is 0 Å². The number of carbonyl (C=O) groups is 2. The van der Waals surface area contributed by atoms with E-state index >= 15 is 0 Å². The minimum Gasteiger partial charge on any atom is -0.354 e. The van der Waals surface area contributed by atoms with Crippen LogP contribution in [-0.2, 0) is 26.2 Å². The number of aryl methyl sites for hydroxylation is 1. The van der Waals surface area contributed by atoms with Crippen LogP contribution >= 0.6 is 23.2 Å². The molecule has 0 fully saturated rings. The van der Waals surface area contributed by atoms with Crippen LogP contribution in [-0.4, -0.2) is 44.3 Å². The van der Waals surface area contributed by atoms with Crippen LogP contribution in [0.25, 0.3) is 0 Å². The molecule has 0 heterocycles. The van der Waals surface area contributed by atoms with Gasteiger partial charge in [-0.05, 0) is 61.7 Å². The van der Waals surface area contributed by atoms with Gasteiger partial charge in [0.1, 0.15) is 12.6 Å². The van der Waals surface area contributed by atoms with E-state index in [0.29, 0.717) is 27.7 Å². The van der Waals surface area contributed by atoms with Crippen molar-refractivity contribution < 1.29 is 18.0 Å². The minimum absolute atomic E-state index is 0.0224. The molecular formula is C29H33Cl2N3O4S. The highest BCUT2D eigenvalue weighted by atomic mass is 35.5. The number of unbranched alkanes of at least 4 members (excludes halogenated alkanes) is 1. The molecule has 0 saturated heterocycles. The molecule has 0 radical (unpaired) electrons. The molecule has 0 saturated carbocycles. The molecule has 0 spiro atoms. The zero-order chi connectivity index (χ0) is 28.6. The molecule has 208 valence electrons. The van der Waals surface area contributed by atoms with Crippen molar-refractivity contribution in [1.82, 2.24) is 10.2 Å². The van der Waals surface area contributed by atoms with Gasteiger partial charge in [-0.1, -0.05) is 79.0 Å².